The van der Waals surface area contributed by atoms with Gasteiger partial charge in [0.25, 0.3) is 0 Å². The van der Waals surface area contributed by atoms with Crippen molar-refractivity contribution in [2.75, 3.05) is 13.2 Å². The van der Waals surface area contributed by atoms with Crippen LogP contribution in [0.25, 0.3) is 0 Å². The first-order chi connectivity index (χ1) is 7.54. The summed E-state index contributed by atoms with van der Waals surface area (Å²) in [7, 11) is 0. The molecular formula is C14H29NO. The van der Waals surface area contributed by atoms with E-state index in [2.05, 4.69) is 39.5 Å². The third kappa shape index (κ3) is 4.06. The zero-order valence-electron chi connectivity index (χ0n) is 11.7. The molecule has 96 valence electrons. The van der Waals surface area contributed by atoms with Crippen LogP contribution in [0.3, 0.4) is 0 Å². The molecule has 2 heteroatoms. The first-order valence-corrected chi connectivity index (χ1v) is 6.91. The lowest BCUT2D eigenvalue weighted by atomic mass is 9.95. The molecular weight excluding hydrogens is 198 g/mol. The van der Waals surface area contributed by atoms with Gasteiger partial charge in [0.05, 0.1) is 6.10 Å². The molecule has 0 aliphatic carbocycles. The average molecular weight is 227 g/mol. The van der Waals surface area contributed by atoms with Gasteiger partial charge in [0.15, 0.2) is 0 Å². The fraction of sp³-hybridized carbons (Fsp3) is 1.00. The van der Waals surface area contributed by atoms with E-state index in [9.17, 15) is 0 Å². The quantitative estimate of drug-likeness (QED) is 0.714. The van der Waals surface area contributed by atoms with Gasteiger partial charge in [0.2, 0.25) is 0 Å². The number of nitrogens with zero attached hydrogens (tertiary/aromatic N) is 1. The molecule has 0 aromatic carbocycles. The van der Waals surface area contributed by atoms with Crippen LogP contribution in [-0.2, 0) is 4.74 Å². The SMILES string of the molecule is CCN1C(C)CC(OCCC(C)C)C[C@@H]1C. The van der Waals surface area contributed by atoms with Gasteiger partial charge >= 0.3 is 0 Å². The van der Waals surface area contributed by atoms with Crippen LogP contribution in [0.5, 0.6) is 0 Å². The highest BCUT2D eigenvalue weighted by atomic mass is 16.5. The van der Waals surface area contributed by atoms with Crippen molar-refractivity contribution < 1.29 is 4.74 Å². The van der Waals surface area contributed by atoms with Gasteiger partial charge in [-0.1, -0.05) is 20.8 Å². The summed E-state index contributed by atoms with van der Waals surface area (Å²) in [6, 6.07) is 1.36. The minimum atomic E-state index is 0.492. The summed E-state index contributed by atoms with van der Waals surface area (Å²) in [4.78, 5) is 2.59. The molecule has 1 saturated heterocycles. The normalized spacial score (nSPS) is 32.2. The van der Waals surface area contributed by atoms with Crippen LogP contribution in [0.2, 0.25) is 0 Å². The van der Waals surface area contributed by atoms with E-state index in [0.717, 1.165) is 12.5 Å². The Hall–Kier alpha value is -0.0800. The van der Waals surface area contributed by atoms with E-state index >= 15 is 0 Å². The molecule has 2 unspecified atom stereocenters. The molecule has 1 rings (SSSR count). The Balaban J connectivity index is 2.30. The predicted molar refractivity (Wildman–Crippen MR) is 69.7 cm³/mol. The third-order valence-electron chi connectivity index (χ3n) is 3.75. The summed E-state index contributed by atoms with van der Waals surface area (Å²) in [5.74, 6) is 0.755. The van der Waals surface area contributed by atoms with Crippen molar-refractivity contribution >= 4 is 0 Å². The van der Waals surface area contributed by atoms with E-state index in [-0.39, 0.29) is 0 Å². The standard InChI is InChI=1S/C14H29NO/c1-6-15-12(4)9-14(10-13(15)5)16-8-7-11(2)3/h11-14H,6-10H2,1-5H3/t12-,13?,14?/m0/s1. The Morgan fingerprint density at radius 1 is 1.19 bits per heavy atom. The summed E-state index contributed by atoms with van der Waals surface area (Å²) in [6.07, 6.45) is 4.09. The molecule has 0 aromatic heterocycles. The van der Waals surface area contributed by atoms with Crippen LogP contribution in [0, 0.1) is 5.92 Å². The predicted octanol–water partition coefficient (Wildman–Crippen LogP) is 3.31. The molecule has 0 N–H and O–H groups in total. The molecule has 0 aromatic rings. The molecule has 0 radical (unpaired) electrons. The Bertz CT molecular complexity index is 181. The van der Waals surface area contributed by atoms with E-state index in [1.54, 1.807) is 0 Å². The number of ether oxygens (including phenoxy) is 1. The van der Waals surface area contributed by atoms with Crippen LogP contribution in [-0.4, -0.2) is 36.2 Å². The van der Waals surface area contributed by atoms with E-state index in [0.29, 0.717) is 18.2 Å². The topological polar surface area (TPSA) is 12.5 Å². The van der Waals surface area contributed by atoms with Crippen molar-refractivity contribution in [1.82, 2.24) is 4.90 Å². The van der Waals surface area contributed by atoms with E-state index in [4.69, 9.17) is 4.74 Å². The molecule has 3 atom stereocenters. The smallest absolute Gasteiger partial charge is 0.0604 e. The van der Waals surface area contributed by atoms with Crippen molar-refractivity contribution in [3.8, 4) is 0 Å². The van der Waals surface area contributed by atoms with Gasteiger partial charge in [-0.25, -0.2) is 0 Å². The highest BCUT2D eigenvalue weighted by Gasteiger charge is 2.29. The molecule has 1 aliphatic heterocycles. The molecule has 0 amide bonds. The van der Waals surface area contributed by atoms with E-state index < -0.39 is 0 Å². The van der Waals surface area contributed by atoms with Crippen molar-refractivity contribution in [1.29, 1.82) is 0 Å². The average Bonchev–Trinajstić information content (AvgIpc) is 2.16. The maximum atomic E-state index is 6.00. The van der Waals surface area contributed by atoms with Crippen molar-refractivity contribution in [3.63, 3.8) is 0 Å². The highest BCUT2D eigenvalue weighted by molar-refractivity contribution is 4.84. The summed E-state index contributed by atoms with van der Waals surface area (Å²) < 4.78 is 6.00. The van der Waals surface area contributed by atoms with Crippen molar-refractivity contribution in [2.24, 2.45) is 5.92 Å². The van der Waals surface area contributed by atoms with E-state index in [1.807, 2.05) is 0 Å². The lowest BCUT2D eigenvalue weighted by Gasteiger charge is -2.42. The minimum Gasteiger partial charge on any atom is -0.378 e. The molecule has 0 bridgehead atoms. The van der Waals surface area contributed by atoms with Gasteiger partial charge in [-0.3, -0.25) is 4.90 Å². The third-order valence-corrected chi connectivity index (χ3v) is 3.75. The van der Waals surface area contributed by atoms with Gasteiger partial charge in [-0.05, 0) is 45.6 Å². The number of likely N-dealkylation sites (tertiary alicyclic amines) is 1. The van der Waals surface area contributed by atoms with Crippen LogP contribution in [0.4, 0.5) is 0 Å². The summed E-state index contributed by atoms with van der Waals surface area (Å²) in [5.41, 5.74) is 0. The van der Waals surface area contributed by atoms with Crippen LogP contribution >= 0.6 is 0 Å². The zero-order valence-corrected chi connectivity index (χ0v) is 11.7. The van der Waals surface area contributed by atoms with Gasteiger partial charge in [0, 0.05) is 18.7 Å². The number of hydrogen-bond acceptors (Lipinski definition) is 2. The lowest BCUT2D eigenvalue weighted by Crippen LogP contribution is -2.48. The Morgan fingerprint density at radius 3 is 2.19 bits per heavy atom. The maximum Gasteiger partial charge on any atom is 0.0604 e. The molecule has 1 aliphatic rings. The van der Waals surface area contributed by atoms with Crippen LogP contribution < -0.4 is 0 Å². The molecule has 1 fully saturated rings. The Kier molecular flexibility index (Phi) is 5.77. The maximum absolute atomic E-state index is 6.00. The summed E-state index contributed by atoms with van der Waals surface area (Å²) in [5, 5.41) is 0. The van der Waals surface area contributed by atoms with Crippen molar-refractivity contribution in [2.45, 2.75) is 72.1 Å². The summed E-state index contributed by atoms with van der Waals surface area (Å²) in [6.45, 7) is 13.5. The van der Waals surface area contributed by atoms with Gasteiger partial charge in [0.1, 0.15) is 0 Å². The molecule has 2 nitrogen and oxygen atoms in total. The number of piperidine rings is 1. The monoisotopic (exact) mass is 227 g/mol. The molecule has 0 spiro atoms. The minimum absolute atomic E-state index is 0.492. The van der Waals surface area contributed by atoms with Crippen LogP contribution in [0.15, 0.2) is 0 Å². The van der Waals surface area contributed by atoms with Gasteiger partial charge < -0.3 is 4.74 Å². The molecule has 1 heterocycles. The summed E-state index contributed by atoms with van der Waals surface area (Å²) >= 11 is 0. The Labute approximate surface area is 101 Å². The zero-order chi connectivity index (χ0) is 12.1. The van der Waals surface area contributed by atoms with Crippen molar-refractivity contribution in [3.05, 3.63) is 0 Å². The second kappa shape index (κ2) is 6.61. The van der Waals surface area contributed by atoms with Gasteiger partial charge in [-0.15, -0.1) is 0 Å². The Morgan fingerprint density at radius 2 is 1.75 bits per heavy atom. The fourth-order valence-electron chi connectivity index (χ4n) is 2.79. The molecule has 0 saturated carbocycles. The second-order valence-corrected chi connectivity index (χ2v) is 5.68. The molecule has 16 heavy (non-hydrogen) atoms. The van der Waals surface area contributed by atoms with Gasteiger partial charge in [-0.2, -0.15) is 0 Å². The van der Waals surface area contributed by atoms with Crippen LogP contribution in [0.1, 0.15) is 53.9 Å². The van der Waals surface area contributed by atoms with E-state index in [1.165, 1.54) is 25.8 Å². The fourth-order valence-corrected chi connectivity index (χ4v) is 2.79. The number of hydrogen-bond donors (Lipinski definition) is 0. The first kappa shape index (κ1) is 14.0. The lowest BCUT2D eigenvalue weighted by molar-refractivity contribution is -0.0346. The second-order valence-electron chi connectivity index (χ2n) is 5.68. The highest BCUT2D eigenvalue weighted by Crippen LogP contribution is 2.24. The largest absolute Gasteiger partial charge is 0.378 e. The number of rotatable bonds is 5. The first-order valence-electron chi connectivity index (χ1n) is 6.91.